The molecule has 0 aliphatic carbocycles. The van der Waals surface area contributed by atoms with E-state index >= 15 is 0 Å². The number of fused-ring (bicyclic) bond motifs is 1. The van der Waals surface area contributed by atoms with Gasteiger partial charge in [0.1, 0.15) is 11.9 Å². The summed E-state index contributed by atoms with van der Waals surface area (Å²) in [6.07, 6.45) is 3.23. The van der Waals surface area contributed by atoms with Crippen LogP contribution < -0.4 is 5.06 Å². The van der Waals surface area contributed by atoms with Gasteiger partial charge in [-0.25, -0.2) is 4.79 Å². The standard InChI is InChI=1S/C10H9NO3/c1-14-10(12)8-3-2-7-4-5-11(13)9(7)6-8/h2-6,11H,1H3. The first kappa shape index (κ1) is 8.93. The van der Waals surface area contributed by atoms with Crippen LogP contribution >= 0.6 is 0 Å². The predicted octanol–water partition coefficient (Wildman–Crippen LogP) is 0.472. The number of nitrogens with one attached hydrogen (secondary N) is 1. The summed E-state index contributed by atoms with van der Waals surface area (Å²) in [6, 6.07) is 4.94. The van der Waals surface area contributed by atoms with Crippen LogP contribution in [0.15, 0.2) is 24.4 Å². The number of carbonyl (C=O) groups excluding carboxylic acids is 1. The Morgan fingerprint density at radius 1 is 1.50 bits per heavy atom. The topological polar surface area (TPSA) is 53.8 Å². The third kappa shape index (κ3) is 1.30. The first-order chi connectivity index (χ1) is 6.72. The molecule has 2 rings (SSSR count). The molecule has 1 aliphatic heterocycles. The molecule has 72 valence electrons. The highest BCUT2D eigenvalue weighted by molar-refractivity contribution is 5.91. The SMILES string of the molecule is COC(=O)c1ccc2c(c1)[NH+]([O-])C=C2. The van der Waals surface area contributed by atoms with Crippen molar-refractivity contribution in [2.24, 2.45) is 0 Å². The summed E-state index contributed by atoms with van der Waals surface area (Å²) < 4.78 is 4.56. The molecule has 1 aromatic rings. The Hall–Kier alpha value is -1.65. The smallest absolute Gasteiger partial charge is 0.338 e. The first-order valence-electron chi connectivity index (χ1n) is 4.17. The Balaban J connectivity index is 2.42. The third-order valence-electron chi connectivity index (χ3n) is 2.15. The van der Waals surface area contributed by atoms with Gasteiger partial charge in [0, 0.05) is 17.7 Å². The molecule has 0 bridgehead atoms. The van der Waals surface area contributed by atoms with Crippen molar-refractivity contribution >= 4 is 17.7 Å². The summed E-state index contributed by atoms with van der Waals surface area (Å²) >= 11 is 0. The van der Waals surface area contributed by atoms with E-state index in [1.54, 1.807) is 24.3 Å². The Morgan fingerprint density at radius 2 is 2.29 bits per heavy atom. The van der Waals surface area contributed by atoms with Crippen molar-refractivity contribution in [1.29, 1.82) is 0 Å². The second kappa shape index (κ2) is 3.25. The zero-order chi connectivity index (χ0) is 10.1. The van der Waals surface area contributed by atoms with Crippen molar-refractivity contribution in [2.45, 2.75) is 0 Å². The van der Waals surface area contributed by atoms with Crippen LogP contribution in [0.4, 0.5) is 5.69 Å². The van der Waals surface area contributed by atoms with Crippen LogP contribution in [0.3, 0.4) is 0 Å². The number of carbonyl (C=O) groups is 1. The highest BCUT2D eigenvalue weighted by atomic mass is 16.5. The number of benzene rings is 1. The van der Waals surface area contributed by atoms with E-state index < -0.39 is 5.97 Å². The van der Waals surface area contributed by atoms with E-state index in [4.69, 9.17) is 0 Å². The van der Waals surface area contributed by atoms with Crippen LogP contribution in [0.2, 0.25) is 0 Å². The van der Waals surface area contributed by atoms with Crippen molar-refractivity contribution in [3.63, 3.8) is 0 Å². The number of hydrogen-bond donors (Lipinski definition) is 1. The van der Waals surface area contributed by atoms with Crippen molar-refractivity contribution in [3.05, 3.63) is 40.7 Å². The van der Waals surface area contributed by atoms with Gasteiger partial charge in [-0.2, -0.15) is 0 Å². The average Bonchev–Trinajstić information content (AvgIpc) is 2.59. The molecule has 14 heavy (non-hydrogen) atoms. The molecular formula is C10H9NO3. The van der Waals surface area contributed by atoms with Crippen molar-refractivity contribution in [2.75, 3.05) is 7.11 Å². The Morgan fingerprint density at radius 3 is 3.00 bits per heavy atom. The third-order valence-corrected chi connectivity index (χ3v) is 2.15. The Bertz CT molecular complexity index is 412. The molecule has 1 heterocycles. The molecule has 0 saturated carbocycles. The second-order valence-electron chi connectivity index (χ2n) is 2.99. The van der Waals surface area contributed by atoms with Gasteiger partial charge in [0.15, 0.2) is 0 Å². The molecule has 0 saturated heterocycles. The monoisotopic (exact) mass is 191 g/mol. The minimum absolute atomic E-state index is 0.0641. The number of quaternary nitrogens is 1. The number of ether oxygens (including phenoxy) is 1. The van der Waals surface area contributed by atoms with E-state index in [2.05, 4.69) is 4.74 Å². The molecule has 0 spiro atoms. The lowest BCUT2D eigenvalue weighted by Gasteiger charge is -2.13. The van der Waals surface area contributed by atoms with Gasteiger partial charge in [0.2, 0.25) is 0 Å². The molecule has 1 atom stereocenters. The lowest BCUT2D eigenvalue weighted by atomic mass is 10.1. The number of methoxy groups -OCH3 is 1. The zero-order valence-corrected chi connectivity index (χ0v) is 7.61. The van der Waals surface area contributed by atoms with Gasteiger partial charge in [-0.15, -0.1) is 0 Å². The van der Waals surface area contributed by atoms with Gasteiger partial charge in [-0.05, 0) is 12.1 Å². The number of hydroxylamine groups is 1. The van der Waals surface area contributed by atoms with Crippen molar-refractivity contribution < 1.29 is 14.6 Å². The Kier molecular flexibility index (Phi) is 2.07. The fourth-order valence-corrected chi connectivity index (χ4v) is 1.42. The average molecular weight is 191 g/mol. The molecule has 0 radical (unpaired) electrons. The van der Waals surface area contributed by atoms with Crippen LogP contribution in [-0.4, -0.2) is 13.1 Å². The highest BCUT2D eigenvalue weighted by Crippen LogP contribution is 2.19. The summed E-state index contributed by atoms with van der Waals surface area (Å²) in [5.41, 5.74) is 1.82. The van der Waals surface area contributed by atoms with Gasteiger partial charge >= 0.3 is 5.97 Å². The molecule has 1 unspecified atom stereocenters. The molecule has 0 amide bonds. The molecule has 4 nitrogen and oxygen atoms in total. The predicted molar refractivity (Wildman–Crippen MR) is 50.8 cm³/mol. The van der Waals surface area contributed by atoms with Crippen LogP contribution in [0.25, 0.3) is 6.08 Å². The van der Waals surface area contributed by atoms with Crippen LogP contribution in [0, 0.1) is 5.21 Å². The molecule has 1 aromatic carbocycles. The van der Waals surface area contributed by atoms with E-state index in [9.17, 15) is 10.0 Å². The summed E-state index contributed by atoms with van der Waals surface area (Å²) in [5.74, 6) is -0.424. The summed E-state index contributed by atoms with van der Waals surface area (Å²) in [4.78, 5) is 11.2. The maximum Gasteiger partial charge on any atom is 0.338 e. The van der Waals surface area contributed by atoms with Gasteiger partial charge < -0.3 is 15.0 Å². The maximum atomic E-state index is 11.3. The van der Waals surface area contributed by atoms with Crippen LogP contribution in [0.1, 0.15) is 15.9 Å². The lowest BCUT2D eigenvalue weighted by Crippen LogP contribution is -2.95. The molecule has 1 aliphatic rings. The van der Waals surface area contributed by atoms with E-state index in [0.717, 1.165) is 5.56 Å². The molecule has 4 heteroatoms. The van der Waals surface area contributed by atoms with E-state index in [1.165, 1.54) is 13.3 Å². The van der Waals surface area contributed by atoms with Gasteiger partial charge in [-0.1, -0.05) is 0 Å². The van der Waals surface area contributed by atoms with Crippen LogP contribution in [0.5, 0.6) is 0 Å². The minimum Gasteiger partial charge on any atom is -0.624 e. The quantitative estimate of drug-likeness (QED) is 0.518. The minimum atomic E-state index is -0.424. The van der Waals surface area contributed by atoms with Crippen molar-refractivity contribution in [3.8, 4) is 0 Å². The summed E-state index contributed by atoms with van der Waals surface area (Å²) in [6.45, 7) is 0. The van der Waals surface area contributed by atoms with E-state index in [1.807, 2.05) is 0 Å². The highest BCUT2D eigenvalue weighted by Gasteiger charge is 2.16. The molecule has 0 fully saturated rings. The normalized spacial score (nSPS) is 18.0. The fourth-order valence-electron chi connectivity index (χ4n) is 1.42. The summed E-state index contributed by atoms with van der Waals surface area (Å²) in [5, 5.41) is 11.2. The summed E-state index contributed by atoms with van der Waals surface area (Å²) in [7, 11) is 1.32. The number of esters is 1. The van der Waals surface area contributed by atoms with Gasteiger partial charge in [0.05, 0.1) is 12.7 Å². The zero-order valence-electron chi connectivity index (χ0n) is 7.61. The first-order valence-corrected chi connectivity index (χ1v) is 4.17. The lowest BCUT2D eigenvalue weighted by molar-refractivity contribution is -0.710. The maximum absolute atomic E-state index is 11.3. The second-order valence-corrected chi connectivity index (χ2v) is 2.99. The molecule has 1 N–H and O–H groups in total. The Labute approximate surface area is 81.0 Å². The largest absolute Gasteiger partial charge is 0.624 e. The molecular weight excluding hydrogens is 182 g/mol. The number of hydrogen-bond acceptors (Lipinski definition) is 3. The number of rotatable bonds is 1. The van der Waals surface area contributed by atoms with E-state index in [-0.39, 0.29) is 5.06 Å². The van der Waals surface area contributed by atoms with E-state index in [0.29, 0.717) is 11.3 Å². The van der Waals surface area contributed by atoms with Gasteiger partial charge in [-0.3, -0.25) is 0 Å². The van der Waals surface area contributed by atoms with Crippen LogP contribution in [-0.2, 0) is 4.74 Å². The van der Waals surface area contributed by atoms with Gasteiger partial charge in [0.25, 0.3) is 0 Å². The molecule has 0 aromatic heterocycles. The van der Waals surface area contributed by atoms with Crippen molar-refractivity contribution in [1.82, 2.24) is 0 Å². The fraction of sp³-hybridized carbons (Fsp3) is 0.100.